The number of likely N-dealkylation sites (N-methyl/N-ethyl adjacent to an activating group) is 1. The molecule has 0 bridgehead atoms. The van der Waals surface area contributed by atoms with Crippen LogP contribution in [0.3, 0.4) is 0 Å². The molecule has 1 aromatic rings. The average Bonchev–Trinajstić information content (AvgIpc) is 2.44. The lowest BCUT2D eigenvalue weighted by Gasteiger charge is -2.42. The van der Waals surface area contributed by atoms with Crippen molar-refractivity contribution in [2.45, 2.75) is 6.04 Å². The molecule has 2 aliphatic rings. The Balaban J connectivity index is 2.15. The van der Waals surface area contributed by atoms with Gasteiger partial charge in [-0.1, -0.05) is 0 Å². The first kappa shape index (κ1) is 12.0. The molecule has 0 spiro atoms. The van der Waals surface area contributed by atoms with Crippen LogP contribution in [0, 0.1) is 0 Å². The molecule has 0 saturated carbocycles. The minimum atomic E-state index is -0.452. The van der Waals surface area contributed by atoms with Crippen molar-refractivity contribution < 1.29 is 14.3 Å². The first-order valence-corrected chi connectivity index (χ1v) is 6.12. The summed E-state index contributed by atoms with van der Waals surface area (Å²) in [4.78, 5) is 27.6. The largest absolute Gasteiger partial charge is 0.497 e. The summed E-state index contributed by atoms with van der Waals surface area (Å²) in [6.45, 7) is 0.749. The van der Waals surface area contributed by atoms with Crippen LogP contribution in [0.4, 0.5) is 11.4 Å². The van der Waals surface area contributed by atoms with Gasteiger partial charge in [-0.3, -0.25) is 14.5 Å². The molecule has 6 nitrogen and oxygen atoms in total. The van der Waals surface area contributed by atoms with E-state index in [0.29, 0.717) is 18.0 Å². The van der Waals surface area contributed by atoms with E-state index in [1.165, 1.54) is 0 Å². The molecule has 1 atom stereocenters. The number of nitrogens with one attached hydrogen (secondary N) is 1. The number of carbonyl (C=O) groups is 2. The number of methoxy groups -OCH3 is 1. The number of hydrogen-bond donors (Lipinski definition) is 1. The van der Waals surface area contributed by atoms with E-state index < -0.39 is 6.04 Å². The van der Waals surface area contributed by atoms with Gasteiger partial charge in [0.05, 0.1) is 25.0 Å². The van der Waals surface area contributed by atoms with Gasteiger partial charge in [0.2, 0.25) is 5.91 Å². The molecule has 2 amide bonds. The minimum absolute atomic E-state index is 0.0795. The number of carbonyl (C=O) groups excluding carboxylic acids is 2. The third-order valence-corrected chi connectivity index (χ3v) is 3.61. The van der Waals surface area contributed by atoms with Gasteiger partial charge in [-0.25, -0.2) is 0 Å². The standard InChI is InChI=1S/C13H15N3O3/c1-15-10-5-8(19-2)3-4-9(10)16-11(13(15)18)6-14-7-12(16)17/h3-5,11,14H,6-7H2,1-2H3. The van der Waals surface area contributed by atoms with E-state index in [4.69, 9.17) is 4.74 Å². The van der Waals surface area contributed by atoms with Gasteiger partial charge in [0.15, 0.2) is 0 Å². The molecule has 0 radical (unpaired) electrons. The van der Waals surface area contributed by atoms with Crippen molar-refractivity contribution >= 4 is 23.2 Å². The molecule has 1 fully saturated rings. The number of amides is 2. The highest BCUT2D eigenvalue weighted by Gasteiger charge is 2.41. The lowest BCUT2D eigenvalue weighted by atomic mass is 10.0. The number of rotatable bonds is 1. The van der Waals surface area contributed by atoms with Crippen molar-refractivity contribution in [2.24, 2.45) is 0 Å². The molecule has 0 aliphatic carbocycles. The van der Waals surface area contributed by atoms with Crippen LogP contribution in [0.1, 0.15) is 0 Å². The topological polar surface area (TPSA) is 61.9 Å². The molecule has 1 saturated heterocycles. The van der Waals surface area contributed by atoms with Gasteiger partial charge in [0.25, 0.3) is 5.91 Å². The SMILES string of the molecule is COc1ccc2c(c1)N(C)C(=O)C1CNCC(=O)N21. The van der Waals surface area contributed by atoms with E-state index in [2.05, 4.69) is 5.32 Å². The zero-order valence-electron chi connectivity index (χ0n) is 10.8. The Hall–Kier alpha value is -2.08. The van der Waals surface area contributed by atoms with Crippen LogP contribution in [0.2, 0.25) is 0 Å². The van der Waals surface area contributed by atoms with E-state index in [1.54, 1.807) is 36.1 Å². The molecule has 1 unspecified atom stereocenters. The predicted octanol–water partition coefficient (Wildman–Crippen LogP) is -0.0236. The van der Waals surface area contributed by atoms with Gasteiger partial charge in [0, 0.05) is 19.7 Å². The van der Waals surface area contributed by atoms with E-state index in [-0.39, 0.29) is 18.4 Å². The summed E-state index contributed by atoms with van der Waals surface area (Å²) in [6, 6.07) is 4.95. The lowest BCUT2D eigenvalue weighted by molar-refractivity contribution is -0.126. The van der Waals surface area contributed by atoms with Crippen molar-refractivity contribution in [1.29, 1.82) is 0 Å². The third kappa shape index (κ3) is 1.67. The second-order valence-electron chi connectivity index (χ2n) is 4.66. The number of nitrogens with zero attached hydrogens (tertiary/aromatic N) is 2. The van der Waals surface area contributed by atoms with Crippen LogP contribution in [-0.2, 0) is 9.59 Å². The number of piperazine rings is 1. The fourth-order valence-corrected chi connectivity index (χ4v) is 2.61. The lowest BCUT2D eigenvalue weighted by Crippen LogP contribution is -2.63. The van der Waals surface area contributed by atoms with Crippen LogP contribution < -0.4 is 19.9 Å². The summed E-state index contributed by atoms with van der Waals surface area (Å²) in [6.07, 6.45) is 0. The fraction of sp³-hybridized carbons (Fsp3) is 0.385. The van der Waals surface area contributed by atoms with Crippen molar-refractivity contribution in [3.63, 3.8) is 0 Å². The van der Waals surface area contributed by atoms with Crippen LogP contribution in [-0.4, -0.2) is 45.1 Å². The van der Waals surface area contributed by atoms with Gasteiger partial charge in [0.1, 0.15) is 11.8 Å². The van der Waals surface area contributed by atoms with E-state index in [1.807, 2.05) is 6.07 Å². The molecule has 3 rings (SSSR count). The van der Waals surface area contributed by atoms with Crippen molar-refractivity contribution in [3.8, 4) is 5.75 Å². The quantitative estimate of drug-likeness (QED) is 0.771. The first-order chi connectivity index (χ1) is 9.13. The summed E-state index contributed by atoms with van der Waals surface area (Å²) in [5.74, 6) is 0.504. The zero-order valence-corrected chi connectivity index (χ0v) is 10.8. The maximum Gasteiger partial charge on any atom is 0.251 e. The second-order valence-corrected chi connectivity index (χ2v) is 4.66. The molecular weight excluding hydrogens is 246 g/mol. The van der Waals surface area contributed by atoms with Gasteiger partial charge in [-0.15, -0.1) is 0 Å². The van der Waals surface area contributed by atoms with Crippen LogP contribution in [0.15, 0.2) is 18.2 Å². The van der Waals surface area contributed by atoms with Crippen LogP contribution in [0.5, 0.6) is 5.75 Å². The summed E-state index contributed by atoms with van der Waals surface area (Å²) < 4.78 is 5.17. The van der Waals surface area contributed by atoms with E-state index in [0.717, 1.165) is 5.69 Å². The smallest absolute Gasteiger partial charge is 0.251 e. The molecule has 2 aliphatic heterocycles. The summed E-state index contributed by atoms with van der Waals surface area (Å²) in [5.41, 5.74) is 1.47. The molecule has 1 N–H and O–H groups in total. The second kappa shape index (κ2) is 4.24. The molecular formula is C13H15N3O3. The Morgan fingerprint density at radius 3 is 2.84 bits per heavy atom. The van der Waals surface area contributed by atoms with Crippen LogP contribution >= 0.6 is 0 Å². The van der Waals surface area contributed by atoms with Crippen molar-refractivity contribution in [3.05, 3.63) is 18.2 Å². The summed E-state index contributed by atoms with van der Waals surface area (Å²) in [5, 5.41) is 2.97. The monoisotopic (exact) mass is 261 g/mol. The van der Waals surface area contributed by atoms with Gasteiger partial charge < -0.3 is 15.0 Å². The number of anilines is 2. The maximum absolute atomic E-state index is 12.3. The summed E-state index contributed by atoms with van der Waals surface area (Å²) in [7, 11) is 3.29. The molecule has 2 heterocycles. The highest BCUT2D eigenvalue weighted by Crippen LogP contribution is 2.38. The number of fused-ring (bicyclic) bond motifs is 3. The average molecular weight is 261 g/mol. The molecule has 0 aromatic heterocycles. The van der Waals surface area contributed by atoms with Crippen molar-refractivity contribution in [1.82, 2.24) is 5.32 Å². The number of ether oxygens (including phenoxy) is 1. The van der Waals surface area contributed by atoms with Crippen LogP contribution in [0.25, 0.3) is 0 Å². The Bertz CT molecular complexity index is 558. The highest BCUT2D eigenvalue weighted by atomic mass is 16.5. The Labute approximate surface area is 110 Å². The van der Waals surface area contributed by atoms with E-state index >= 15 is 0 Å². The molecule has 100 valence electrons. The van der Waals surface area contributed by atoms with E-state index in [9.17, 15) is 9.59 Å². The normalized spacial score (nSPS) is 22.1. The Kier molecular flexibility index (Phi) is 2.67. The van der Waals surface area contributed by atoms with Gasteiger partial charge in [-0.05, 0) is 12.1 Å². The minimum Gasteiger partial charge on any atom is -0.497 e. The fourth-order valence-electron chi connectivity index (χ4n) is 2.61. The Morgan fingerprint density at radius 2 is 2.11 bits per heavy atom. The maximum atomic E-state index is 12.3. The first-order valence-electron chi connectivity index (χ1n) is 6.12. The Morgan fingerprint density at radius 1 is 1.32 bits per heavy atom. The summed E-state index contributed by atoms with van der Waals surface area (Å²) >= 11 is 0. The molecule has 6 heteroatoms. The number of hydrogen-bond acceptors (Lipinski definition) is 4. The van der Waals surface area contributed by atoms with Gasteiger partial charge in [-0.2, -0.15) is 0 Å². The van der Waals surface area contributed by atoms with Gasteiger partial charge >= 0.3 is 0 Å². The van der Waals surface area contributed by atoms with Crippen molar-refractivity contribution in [2.75, 3.05) is 37.0 Å². The molecule has 19 heavy (non-hydrogen) atoms. The third-order valence-electron chi connectivity index (χ3n) is 3.61. The molecule has 1 aromatic carbocycles. The predicted molar refractivity (Wildman–Crippen MR) is 70.5 cm³/mol. The number of benzene rings is 1. The zero-order chi connectivity index (χ0) is 13.6. The highest BCUT2D eigenvalue weighted by molar-refractivity contribution is 6.14.